The van der Waals surface area contributed by atoms with E-state index in [9.17, 15) is 5.11 Å². The molecule has 0 bridgehead atoms. The maximum Gasteiger partial charge on any atom is 0.0608 e. The van der Waals surface area contributed by atoms with Crippen LogP contribution in [-0.2, 0) is 0 Å². The molecule has 0 spiro atoms. The minimum absolute atomic E-state index is 0.170. The summed E-state index contributed by atoms with van der Waals surface area (Å²) >= 11 is 0. The summed E-state index contributed by atoms with van der Waals surface area (Å²) in [7, 11) is 0. The van der Waals surface area contributed by atoms with E-state index in [0.29, 0.717) is 23.8 Å². The lowest BCUT2D eigenvalue weighted by molar-refractivity contribution is 0.0140. The number of aliphatic hydroxyl groups excluding tert-OH is 1. The van der Waals surface area contributed by atoms with Crippen LogP contribution < -0.4 is 5.73 Å². The quantitative estimate of drug-likeness (QED) is 0.789. The Bertz CT molecular complexity index is 226. The van der Waals surface area contributed by atoms with Crippen LogP contribution in [0.1, 0.15) is 66.2 Å². The first-order chi connectivity index (χ1) is 8.40. The second-order valence-corrected chi connectivity index (χ2v) is 7.25. The number of hydrogen-bond acceptors (Lipinski definition) is 2. The van der Waals surface area contributed by atoms with Crippen LogP contribution in [0.25, 0.3) is 0 Å². The van der Waals surface area contributed by atoms with Crippen LogP contribution in [0, 0.1) is 23.2 Å². The number of hydrogen-bond donors (Lipinski definition) is 2. The summed E-state index contributed by atoms with van der Waals surface area (Å²) in [6, 6.07) is 0. The van der Waals surface area contributed by atoms with Gasteiger partial charge in [-0.15, -0.1) is 0 Å². The Balaban J connectivity index is 2.46. The summed E-state index contributed by atoms with van der Waals surface area (Å²) in [5.41, 5.74) is 6.23. The molecule has 0 aromatic rings. The van der Waals surface area contributed by atoms with Crippen molar-refractivity contribution in [1.29, 1.82) is 0 Å². The molecule has 2 heteroatoms. The molecule has 2 unspecified atom stereocenters. The van der Waals surface area contributed by atoms with E-state index in [4.69, 9.17) is 5.73 Å². The minimum Gasteiger partial charge on any atom is -0.393 e. The molecular formula is C16H33NO. The maximum atomic E-state index is 10.5. The summed E-state index contributed by atoms with van der Waals surface area (Å²) in [4.78, 5) is 0. The van der Waals surface area contributed by atoms with Gasteiger partial charge in [-0.05, 0) is 61.8 Å². The van der Waals surface area contributed by atoms with Gasteiger partial charge in [-0.2, -0.15) is 0 Å². The van der Waals surface area contributed by atoms with Crippen LogP contribution >= 0.6 is 0 Å². The van der Waals surface area contributed by atoms with Crippen LogP contribution in [0.3, 0.4) is 0 Å². The molecule has 1 saturated carbocycles. The van der Waals surface area contributed by atoms with Crippen molar-refractivity contribution < 1.29 is 5.11 Å². The number of aliphatic hydroxyl groups is 1. The van der Waals surface area contributed by atoms with E-state index < -0.39 is 0 Å². The third kappa shape index (κ3) is 4.24. The first-order valence-electron chi connectivity index (χ1n) is 7.78. The highest BCUT2D eigenvalue weighted by Crippen LogP contribution is 2.41. The summed E-state index contributed by atoms with van der Waals surface area (Å²) in [6.45, 7) is 9.83. The van der Waals surface area contributed by atoms with Gasteiger partial charge in [0.05, 0.1) is 6.10 Å². The summed E-state index contributed by atoms with van der Waals surface area (Å²) in [5.74, 6) is 1.62. The second kappa shape index (κ2) is 6.91. The van der Waals surface area contributed by atoms with Gasteiger partial charge in [0.1, 0.15) is 0 Å². The Morgan fingerprint density at radius 1 is 1.17 bits per heavy atom. The monoisotopic (exact) mass is 255 g/mol. The van der Waals surface area contributed by atoms with Crippen molar-refractivity contribution in [3.63, 3.8) is 0 Å². The van der Waals surface area contributed by atoms with E-state index in [1.165, 1.54) is 25.7 Å². The minimum atomic E-state index is -0.170. The molecule has 0 amide bonds. The molecule has 0 aromatic carbocycles. The van der Waals surface area contributed by atoms with Gasteiger partial charge in [-0.1, -0.05) is 34.1 Å². The number of nitrogens with two attached hydrogens (primary N) is 1. The van der Waals surface area contributed by atoms with Crippen molar-refractivity contribution in [2.75, 3.05) is 6.54 Å². The normalized spacial score (nSPS) is 29.0. The molecule has 0 saturated heterocycles. The summed E-state index contributed by atoms with van der Waals surface area (Å²) < 4.78 is 0. The molecule has 0 aromatic heterocycles. The van der Waals surface area contributed by atoms with E-state index in [2.05, 4.69) is 27.7 Å². The Morgan fingerprint density at radius 2 is 1.72 bits per heavy atom. The number of rotatable bonds is 5. The predicted octanol–water partition coefficient (Wildman–Crippen LogP) is 3.57. The van der Waals surface area contributed by atoms with Gasteiger partial charge in [0, 0.05) is 0 Å². The molecule has 1 rings (SSSR count). The standard InChI is InChI=1S/C16H33NO/c1-5-6-13(11-17)15(18)12-7-9-14(10-8-12)16(2,3)4/h12-15,18H,5-11,17H2,1-4H3. The van der Waals surface area contributed by atoms with Crippen molar-refractivity contribution in [1.82, 2.24) is 0 Å². The molecule has 2 atom stereocenters. The van der Waals surface area contributed by atoms with Gasteiger partial charge in [0.15, 0.2) is 0 Å². The molecule has 0 radical (unpaired) electrons. The van der Waals surface area contributed by atoms with Crippen molar-refractivity contribution in [3.8, 4) is 0 Å². The third-order valence-corrected chi connectivity index (χ3v) is 4.92. The van der Waals surface area contributed by atoms with Gasteiger partial charge < -0.3 is 10.8 Å². The van der Waals surface area contributed by atoms with Crippen LogP contribution in [0.15, 0.2) is 0 Å². The van der Waals surface area contributed by atoms with Crippen LogP contribution in [0.4, 0.5) is 0 Å². The Morgan fingerprint density at radius 3 is 2.11 bits per heavy atom. The fourth-order valence-electron chi connectivity index (χ4n) is 3.51. The zero-order valence-electron chi connectivity index (χ0n) is 12.8. The average molecular weight is 255 g/mol. The first kappa shape index (κ1) is 16.0. The fourth-order valence-corrected chi connectivity index (χ4v) is 3.51. The smallest absolute Gasteiger partial charge is 0.0608 e. The third-order valence-electron chi connectivity index (χ3n) is 4.92. The zero-order chi connectivity index (χ0) is 13.8. The van der Waals surface area contributed by atoms with Gasteiger partial charge in [-0.25, -0.2) is 0 Å². The lowest BCUT2D eigenvalue weighted by Gasteiger charge is -2.39. The summed E-state index contributed by atoms with van der Waals surface area (Å²) in [5, 5.41) is 10.5. The van der Waals surface area contributed by atoms with E-state index in [-0.39, 0.29) is 6.10 Å². The molecular weight excluding hydrogens is 222 g/mol. The van der Waals surface area contributed by atoms with Gasteiger partial charge in [-0.3, -0.25) is 0 Å². The van der Waals surface area contributed by atoms with E-state index >= 15 is 0 Å². The lowest BCUT2D eigenvalue weighted by Crippen LogP contribution is -2.37. The topological polar surface area (TPSA) is 46.2 Å². The lowest BCUT2D eigenvalue weighted by atomic mass is 9.67. The Hall–Kier alpha value is -0.0800. The molecule has 1 aliphatic rings. The van der Waals surface area contributed by atoms with Crippen molar-refractivity contribution >= 4 is 0 Å². The van der Waals surface area contributed by atoms with Gasteiger partial charge >= 0.3 is 0 Å². The van der Waals surface area contributed by atoms with Gasteiger partial charge in [0.25, 0.3) is 0 Å². The van der Waals surface area contributed by atoms with Crippen LogP contribution in [0.2, 0.25) is 0 Å². The average Bonchev–Trinajstić information content (AvgIpc) is 2.34. The van der Waals surface area contributed by atoms with Crippen LogP contribution in [-0.4, -0.2) is 17.8 Å². The SMILES string of the molecule is CCCC(CN)C(O)C1CCC(C(C)(C)C)CC1. The highest BCUT2D eigenvalue weighted by atomic mass is 16.3. The molecule has 3 N–H and O–H groups in total. The predicted molar refractivity (Wildman–Crippen MR) is 78.4 cm³/mol. The molecule has 18 heavy (non-hydrogen) atoms. The molecule has 0 heterocycles. The highest BCUT2D eigenvalue weighted by molar-refractivity contribution is 4.85. The molecule has 108 valence electrons. The van der Waals surface area contributed by atoms with E-state index in [0.717, 1.165) is 18.8 Å². The maximum absolute atomic E-state index is 10.5. The second-order valence-electron chi connectivity index (χ2n) is 7.25. The Kier molecular flexibility index (Phi) is 6.13. The van der Waals surface area contributed by atoms with Crippen molar-refractivity contribution in [2.45, 2.75) is 72.3 Å². The van der Waals surface area contributed by atoms with E-state index in [1.807, 2.05) is 0 Å². The first-order valence-corrected chi connectivity index (χ1v) is 7.78. The molecule has 0 aliphatic heterocycles. The summed E-state index contributed by atoms with van der Waals surface area (Å²) in [6.07, 6.45) is 6.93. The van der Waals surface area contributed by atoms with Gasteiger partial charge in [0.2, 0.25) is 0 Å². The molecule has 2 nitrogen and oxygen atoms in total. The fraction of sp³-hybridized carbons (Fsp3) is 1.00. The molecule has 1 aliphatic carbocycles. The largest absolute Gasteiger partial charge is 0.393 e. The Labute approximate surface area is 113 Å². The highest BCUT2D eigenvalue weighted by Gasteiger charge is 2.34. The van der Waals surface area contributed by atoms with E-state index in [1.54, 1.807) is 0 Å². The molecule has 1 fully saturated rings. The van der Waals surface area contributed by atoms with Crippen molar-refractivity contribution in [2.24, 2.45) is 28.9 Å². The zero-order valence-corrected chi connectivity index (χ0v) is 12.8. The van der Waals surface area contributed by atoms with Crippen LogP contribution in [0.5, 0.6) is 0 Å². The van der Waals surface area contributed by atoms with Crippen molar-refractivity contribution in [3.05, 3.63) is 0 Å².